The molecule has 1 aliphatic rings. The van der Waals surface area contributed by atoms with Crippen molar-refractivity contribution in [3.05, 3.63) is 42.1 Å². The van der Waals surface area contributed by atoms with E-state index in [2.05, 4.69) is 38.1 Å². The number of aromatic nitrogens is 1. The van der Waals surface area contributed by atoms with Crippen LogP contribution in [-0.4, -0.2) is 11.5 Å². The summed E-state index contributed by atoms with van der Waals surface area (Å²) in [5.74, 6) is 1.10. The van der Waals surface area contributed by atoms with Crippen LogP contribution in [0.15, 0.2) is 36.4 Å². The molecule has 88 valence electrons. The summed E-state index contributed by atoms with van der Waals surface area (Å²) in [5, 5.41) is 1.21. The van der Waals surface area contributed by atoms with Gasteiger partial charge in [0.2, 0.25) is 0 Å². The maximum absolute atomic E-state index is 5.82. The normalized spacial score (nSPS) is 26.1. The van der Waals surface area contributed by atoms with Crippen LogP contribution in [0, 0.1) is 11.3 Å². The number of benzene rings is 1. The smallest absolute Gasteiger partial charge is 0.0705 e. The molecule has 0 unspecified atom stereocenters. The van der Waals surface area contributed by atoms with Crippen LogP contribution in [0.3, 0.4) is 0 Å². The zero-order chi connectivity index (χ0) is 12.0. The molecule has 1 aromatic heterocycles. The predicted molar refractivity (Wildman–Crippen MR) is 70.8 cm³/mol. The number of nitrogens with zero attached hydrogens (tertiary/aromatic N) is 1. The van der Waals surface area contributed by atoms with Gasteiger partial charge in [-0.05, 0) is 30.0 Å². The Labute approximate surface area is 102 Å². The third-order valence-corrected chi connectivity index (χ3v) is 4.24. The number of para-hydroxylation sites is 1. The average Bonchev–Trinajstić information content (AvgIpc) is 2.90. The summed E-state index contributed by atoms with van der Waals surface area (Å²) >= 11 is 0. The number of pyridine rings is 1. The Morgan fingerprint density at radius 1 is 1.18 bits per heavy atom. The Bertz CT molecular complexity index is 560. The zero-order valence-corrected chi connectivity index (χ0v) is 10.4. The third kappa shape index (κ3) is 1.55. The SMILES string of the molecule is CC1(C)[C@H](CN)[C@H]1c1ccc2ccccc2n1. The van der Waals surface area contributed by atoms with Gasteiger partial charge < -0.3 is 5.73 Å². The molecule has 0 spiro atoms. The largest absolute Gasteiger partial charge is 0.330 e. The third-order valence-electron chi connectivity index (χ3n) is 4.24. The van der Waals surface area contributed by atoms with Crippen LogP contribution in [0.25, 0.3) is 10.9 Å². The minimum absolute atomic E-state index is 0.310. The summed E-state index contributed by atoms with van der Waals surface area (Å²) in [7, 11) is 0. The molecule has 1 aliphatic carbocycles. The molecule has 1 aromatic carbocycles. The minimum atomic E-state index is 0.310. The van der Waals surface area contributed by atoms with Crippen LogP contribution in [0.4, 0.5) is 0 Å². The first-order valence-electron chi connectivity index (χ1n) is 6.20. The summed E-state index contributed by atoms with van der Waals surface area (Å²) in [4.78, 5) is 4.78. The average molecular weight is 226 g/mol. The number of hydrogen-bond donors (Lipinski definition) is 1. The lowest BCUT2D eigenvalue weighted by Gasteiger charge is -2.04. The van der Waals surface area contributed by atoms with Crippen LogP contribution in [0.2, 0.25) is 0 Å². The number of fused-ring (bicyclic) bond motifs is 1. The van der Waals surface area contributed by atoms with E-state index in [1.165, 1.54) is 11.1 Å². The number of rotatable bonds is 2. The van der Waals surface area contributed by atoms with Crippen LogP contribution < -0.4 is 5.73 Å². The maximum Gasteiger partial charge on any atom is 0.0705 e. The second kappa shape index (κ2) is 3.54. The fourth-order valence-corrected chi connectivity index (χ4v) is 3.03. The molecule has 2 aromatic rings. The molecule has 1 heterocycles. The Morgan fingerprint density at radius 2 is 1.94 bits per heavy atom. The van der Waals surface area contributed by atoms with Crippen molar-refractivity contribution in [2.24, 2.45) is 17.1 Å². The monoisotopic (exact) mass is 226 g/mol. The summed E-state index contributed by atoms with van der Waals surface area (Å²) in [6, 6.07) is 12.6. The molecule has 1 fully saturated rings. The standard InChI is InChI=1S/C15H18N2/c1-15(2)11(9-16)14(15)13-8-7-10-5-3-4-6-12(10)17-13/h3-8,11,14H,9,16H2,1-2H3/t11-,14+/m1/s1. The van der Waals surface area contributed by atoms with Gasteiger partial charge in [-0.15, -0.1) is 0 Å². The van der Waals surface area contributed by atoms with Gasteiger partial charge in [0.05, 0.1) is 5.52 Å². The molecule has 2 nitrogen and oxygen atoms in total. The molecule has 0 radical (unpaired) electrons. The van der Waals surface area contributed by atoms with E-state index in [0.29, 0.717) is 17.3 Å². The van der Waals surface area contributed by atoms with Crippen LogP contribution >= 0.6 is 0 Å². The van der Waals surface area contributed by atoms with Crippen LogP contribution in [0.1, 0.15) is 25.5 Å². The molecule has 0 saturated heterocycles. The molecule has 2 heteroatoms. The quantitative estimate of drug-likeness (QED) is 0.855. The molecule has 17 heavy (non-hydrogen) atoms. The molecule has 0 aliphatic heterocycles. The first-order chi connectivity index (χ1) is 8.14. The van der Waals surface area contributed by atoms with Crippen molar-refractivity contribution in [3.63, 3.8) is 0 Å². The fourth-order valence-electron chi connectivity index (χ4n) is 3.03. The van der Waals surface area contributed by atoms with Gasteiger partial charge in [0.15, 0.2) is 0 Å². The topological polar surface area (TPSA) is 38.9 Å². The van der Waals surface area contributed by atoms with E-state index < -0.39 is 0 Å². The Balaban J connectivity index is 2.03. The molecule has 2 N–H and O–H groups in total. The van der Waals surface area contributed by atoms with E-state index in [-0.39, 0.29) is 0 Å². The van der Waals surface area contributed by atoms with Gasteiger partial charge >= 0.3 is 0 Å². The molecule has 1 saturated carbocycles. The fraction of sp³-hybridized carbons (Fsp3) is 0.400. The van der Waals surface area contributed by atoms with E-state index in [0.717, 1.165) is 12.1 Å². The van der Waals surface area contributed by atoms with E-state index in [1.807, 2.05) is 12.1 Å². The molecule has 0 amide bonds. The first kappa shape index (κ1) is 10.7. The number of nitrogens with two attached hydrogens (primary N) is 1. The first-order valence-corrected chi connectivity index (χ1v) is 6.20. The van der Waals surface area contributed by atoms with Gasteiger partial charge in [0.1, 0.15) is 0 Å². The number of hydrogen-bond acceptors (Lipinski definition) is 2. The van der Waals surface area contributed by atoms with Crippen molar-refractivity contribution in [2.75, 3.05) is 6.54 Å². The Kier molecular flexibility index (Phi) is 2.23. The van der Waals surface area contributed by atoms with Crippen LogP contribution in [0.5, 0.6) is 0 Å². The second-order valence-electron chi connectivity index (χ2n) is 5.57. The van der Waals surface area contributed by atoms with Gasteiger partial charge in [-0.1, -0.05) is 38.1 Å². The molecule has 2 atom stereocenters. The predicted octanol–water partition coefficient (Wildman–Crippen LogP) is 2.93. The van der Waals surface area contributed by atoms with Gasteiger partial charge in [0.25, 0.3) is 0 Å². The maximum atomic E-state index is 5.82. The second-order valence-corrected chi connectivity index (χ2v) is 5.57. The lowest BCUT2D eigenvalue weighted by Crippen LogP contribution is -2.05. The van der Waals surface area contributed by atoms with Gasteiger partial charge in [-0.2, -0.15) is 0 Å². The highest BCUT2D eigenvalue weighted by Crippen LogP contribution is 2.63. The highest BCUT2D eigenvalue weighted by molar-refractivity contribution is 5.78. The van der Waals surface area contributed by atoms with Crippen molar-refractivity contribution in [2.45, 2.75) is 19.8 Å². The van der Waals surface area contributed by atoms with Crippen molar-refractivity contribution in [1.29, 1.82) is 0 Å². The minimum Gasteiger partial charge on any atom is -0.330 e. The Morgan fingerprint density at radius 3 is 2.65 bits per heavy atom. The highest BCUT2D eigenvalue weighted by Gasteiger charge is 2.57. The van der Waals surface area contributed by atoms with Gasteiger partial charge in [-0.25, -0.2) is 0 Å². The lowest BCUT2D eigenvalue weighted by molar-refractivity contribution is 0.557. The summed E-state index contributed by atoms with van der Waals surface area (Å²) in [6.45, 7) is 5.32. The van der Waals surface area contributed by atoms with Crippen molar-refractivity contribution >= 4 is 10.9 Å². The van der Waals surface area contributed by atoms with E-state index >= 15 is 0 Å². The summed E-state index contributed by atoms with van der Waals surface area (Å²) < 4.78 is 0. The van der Waals surface area contributed by atoms with Gasteiger partial charge in [0, 0.05) is 17.0 Å². The van der Waals surface area contributed by atoms with Crippen molar-refractivity contribution in [1.82, 2.24) is 4.98 Å². The van der Waals surface area contributed by atoms with Gasteiger partial charge in [-0.3, -0.25) is 4.98 Å². The zero-order valence-electron chi connectivity index (χ0n) is 10.4. The molecular weight excluding hydrogens is 208 g/mol. The molecule has 0 bridgehead atoms. The van der Waals surface area contributed by atoms with Crippen molar-refractivity contribution < 1.29 is 0 Å². The molecular formula is C15H18N2. The summed E-state index contributed by atoms with van der Waals surface area (Å²) in [5.41, 5.74) is 8.42. The Hall–Kier alpha value is -1.41. The van der Waals surface area contributed by atoms with E-state index in [4.69, 9.17) is 10.7 Å². The highest BCUT2D eigenvalue weighted by atomic mass is 14.8. The van der Waals surface area contributed by atoms with E-state index in [1.54, 1.807) is 0 Å². The summed E-state index contributed by atoms with van der Waals surface area (Å²) in [6.07, 6.45) is 0. The van der Waals surface area contributed by atoms with Crippen LogP contribution in [-0.2, 0) is 0 Å². The van der Waals surface area contributed by atoms with Crippen molar-refractivity contribution in [3.8, 4) is 0 Å². The lowest BCUT2D eigenvalue weighted by atomic mass is 10.1. The molecule has 3 rings (SSSR count). The van der Waals surface area contributed by atoms with E-state index in [9.17, 15) is 0 Å².